The largest absolute Gasteiger partial charge is 0.496 e. The fraction of sp³-hybridized carbons (Fsp3) is 0.583. The number of nitrogens with one attached hydrogen (secondary N) is 2. The molecule has 3 N–H and O–H groups in total. The quantitative estimate of drug-likeness (QED) is 0.357. The molecule has 3 amide bonds. The Morgan fingerprint density at radius 2 is 1.82 bits per heavy atom. The van der Waals surface area contributed by atoms with E-state index in [0.717, 1.165) is 50.5 Å². The van der Waals surface area contributed by atoms with Crippen LogP contribution in [0, 0.1) is 12.8 Å². The molecule has 1 aromatic carbocycles. The molecule has 13 nitrogen and oxygen atoms in total. The average molecular weight is 679 g/mol. The summed E-state index contributed by atoms with van der Waals surface area (Å²) in [6.07, 6.45) is 9.48. The molecule has 0 radical (unpaired) electrons. The molecule has 2 aliphatic carbocycles. The number of rotatable bonds is 7. The summed E-state index contributed by atoms with van der Waals surface area (Å²) in [6, 6.07) is 3.86. The highest BCUT2D eigenvalue weighted by Gasteiger charge is 2.61. The van der Waals surface area contributed by atoms with Crippen LogP contribution < -0.4 is 24.8 Å². The number of amides is 3. The summed E-state index contributed by atoms with van der Waals surface area (Å²) in [5, 5.41) is 16.6. The first-order valence-electron chi connectivity index (χ1n) is 17.3. The molecule has 5 atom stereocenters. The smallest absolute Gasteiger partial charge is 0.407 e. The molecular formula is C36H46N4O9. The van der Waals surface area contributed by atoms with E-state index in [1.165, 1.54) is 12.0 Å². The Morgan fingerprint density at radius 1 is 1.04 bits per heavy atom. The van der Waals surface area contributed by atoms with Gasteiger partial charge in [0.1, 0.15) is 35.3 Å². The SMILES string of the molecule is COc1cc(O[C@@H]2C[C@H]3C(=O)N[C@]4(C(=O)O)C[C@H]4/C=C\CCCC[C@H](NC(=O)OC4CCCC4)CC(=O)N3C2)c2ccc(OC)c(C)c2n1. The highest BCUT2D eigenvalue weighted by molar-refractivity contribution is 5.95. The molecule has 2 aromatic rings. The minimum atomic E-state index is -1.42. The number of allylic oxidation sites excluding steroid dienone is 1. The van der Waals surface area contributed by atoms with Gasteiger partial charge in [-0.25, -0.2) is 14.6 Å². The molecule has 6 rings (SSSR count). The summed E-state index contributed by atoms with van der Waals surface area (Å²) < 4.78 is 23.1. The van der Waals surface area contributed by atoms with E-state index in [-0.39, 0.29) is 43.7 Å². The maximum absolute atomic E-state index is 14.1. The number of fused-ring (bicyclic) bond motifs is 3. The number of hydrogen-bond acceptors (Lipinski definition) is 9. The second-order valence-corrected chi connectivity index (χ2v) is 13.6. The summed E-state index contributed by atoms with van der Waals surface area (Å²) in [5.41, 5.74) is 0.0141. The third kappa shape index (κ3) is 7.40. The van der Waals surface area contributed by atoms with Gasteiger partial charge in [-0.2, -0.15) is 0 Å². The number of carboxylic acid groups (broad SMARTS) is 1. The molecule has 4 aliphatic rings. The van der Waals surface area contributed by atoms with Gasteiger partial charge in [0.05, 0.1) is 26.3 Å². The standard InChI is InChI=1S/C36H46N4O9/c1-21-28(46-2)15-14-26-29(18-30(47-3)38-32(21)26)48-25-17-27-33(42)39-36(34(43)44)19-22(36)10-6-4-5-7-11-23(16-31(41)40(27)20-25)37-35(45)49-24-12-8-9-13-24/h6,10,14-15,18,22-25,27H,4-5,7-9,11-13,16-17,19-20H2,1-3H3,(H,37,45)(H,39,42)(H,43,44)/b10-6-/t22-,23+,25-,27+,36-/m1/s1. The predicted octanol–water partition coefficient (Wildman–Crippen LogP) is 4.43. The monoisotopic (exact) mass is 678 g/mol. The molecule has 1 saturated heterocycles. The molecule has 3 heterocycles. The van der Waals surface area contributed by atoms with Gasteiger partial charge in [-0.1, -0.05) is 18.6 Å². The topological polar surface area (TPSA) is 166 Å². The Balaban J connectivity index is 1.27. The molecule has 13 heteroatoms. The van der Waals surface area contributed by atoms with Crippen molar-refractivity contribution in [3.63, 3.8) is 0 Å². The van der Waals surface area contributed by atoms with Crippen molar-refractivity contribution in [3.8, 4) is 17.4 Å². The number of aliphatic carboxylic acids is 1. The van der Waals surface area contributed by atoms with Crippen molar-refractivity contribution in [2.45, 2.75) is 107 Å². The number of carbonyl (C=O) groups excluding carboxylic acids is 3. The highest BCUT2D eigenvalue weighted by Crippen LogP contribution is 2.45. The lowest BCUT2D eigenvalue weighted by atomic mass is 10.0. The number of aryl methyl sites for hydroxylation is 1. The van der Waals surface area contributed by atoms with Crippen LogP contribution in [0.1, 0.15) is 76.2 Å². The summed E-state index contributed by atoms with van der Waals surface area (Å²) >= 11 is 0. The van der Waals surface area contributed by atoms with Gasteiger partial charge in [-0.15, -0.1) is 0 Å². The maximum atomic E-state index is 14.1. The third-order valence-corrected chi connectivity index (χ3v) is 10.3. The van der Waals surface area contributed by atoms with Gasteiger partial charge in [-0.3, -0.25) is 9.59 Å². The second kappa shape index (κ2) is 14.5. The minimum absolute atomic E-state index is 0.0379. The zero-order valence-electron chi connectivity index (χ0n) is 28.4. The van der Waals surface area contributed by atoms with Crippen LogP contribution >= 0.6 is 0 Å². The molecule has 2 saturated carbocycles. The van der Waals surface area contributed by atoms with Gasteiger partial charge >= 0.3 is 12.1 Å². The number of alkyl carbamates (subject to hydrolysis) is 1. The van der Waals surface area contributed by atoms with Gasteiger partial charge in [0, 0.05) is 41.8 Å². The average Bonchev–Trinajstić information content (AvgIpc) is 3.36. The Kier molecular flexibility index (Phi) is 10.2. The van der Waals surface area contributed by atoms with Crippen LogP contribution in [0.5, 0.6) is 17.4 Å². The molecule has 3 fully saturated rings. The number of nitrogens with zero attached hydrogens (tertiary/aromatic N) is 2. The van der Waals surface area contributed by atoms with Crippen LogP contribution in [0.25, 0.3) is 10.9 Å². The first-order chi connectivity index (χ1) is 23.6. The van der Waals surface area contributed by atoms with Crippen molar-refractivity contribution in [3.05, 3.63) is 35.9 Å². The van der Waals surface area contributed by atoms with Crippen molar-refractivity contribution in [2.75, 3.05) is 20.8 Å². The molecular weight excluding hydrogens is 632 g/mol. The Bertz CT molecular complexity index is 1620. The van der Waals surface area contributed by atoms with E-state index in [1.54, 1.807) is 13.2 Å². The van der Waals surface area contributed by atoms with E-state index < -0.39 is 41.7 Å². The van der Waals surface area contributed by atoms with Crippen molar-refractivity contribution >= 4 is 34.8 Å². The van der Waals surface area contributed by atoms with E-state index in [4.69, 9.17) is 18.9 Å². The van der Waals surface area contributed by atoms with Gasteiger partial charge in [-0.05, 0) is 70.4 Å². The number of ether oxygens (including phenoxy) is 4. The predicted molar refractivity (Wildman–Crippen MR) is 179 cm³/mol. The first kappa shape index (κ1) is 34.3. The molecule has 264 valence electrons. The minimum Gasteiger partial charge on any atom is -0.496 e. The van der Waals surface area contributed by atoms with Crippen LogP contribution in [0.2, 0.25) is 0 Å². The maximum Gasteiger partial charge on any atom is 0.407 e. The summed E-state index contributed by atoms with van der Waals surface area (Å²) in [7, 11) is 3.09. The molecule has 49 heavy (non-hydrogen) atoms. The second-order valence-electron chi connectivity index (χ2n) is 13.6. The van der Waals surface area contributed by atoms with Crippen molar-refractivity contribution in [2.24, 2.45) is 5.92 Å². The van der Waals surface area contributed by atoms with Crippen LogP contribution in [0.15, 0.2) is 30.4 Å². The van der Waals surface area contributed by atoms with E-state index >= 15 is 0 Å². The number of hydrogen-bond donors (Lipinski definition) is 3. The summed E-state index contributed by atoms with van der Waals surface area (Å²) in [5.74, 6) is -0.867. The number of carbonyl (C=O) groups is 4. The fourth-order valence-corrected chi connectivity index (χ4v) is 7.46. The lowest BCUT2D eigenvalue weighted by Crippen LogP contribution is -2.53. The summed E-state index contributed by atoms with van der Waals surface area (Å²) in [4.78, 5) is 59.3. The van der Waals surface area contributed by atoms with E-state index in [1.807, 2.05) is 31.2 Å². The number of methoxy groups -OCH3 is 2. The molecule has 0 bridgehead atoms. The lowest BCUT2D eigenvalue weighted by Gasteiger charge is -2.27. The first-order valence-corrected chi connectivity index (χ1v) is 17.3. The van der Waals surface area contributed by atoms with Gasteiger partial charge < -0.3 is 39.6 Å². The van der Waals surface area contributed by atoms with Crippen molar-refractivity contribution in [1.29, 1.82) is 0 Å². The Morgan fingerprint density at radius 3 is 2.55 bits per heavy atom. The fourth-order valence-electron chi connectivity index (χ4n) is 7.46. The Labute approximate surface area is 285 Å². The molecule has 2 aliphatic heterocycles. The van der Waals surface area contributed by atoms with Crippen LogP contribution in [-0.2, 0) is 19.1 Å². The van der Waals surface area contributed by atoms with E-state index in [0.29, 0.717) is 34.7 Å². The Hall–Kier alpha value is -4.55. The van der Waals surface area contributed by atoms with Crippen molar-refractivity contribution < 1.29 is 43.2 Å². The summed E-state index contributed by atoms with van der Waals surface area (Å²) in [6.45, 7) is 1.97. The van der Waals surface area contributed by atoms with E-state index in [9.17, 15) is 24.3 Å². The van der Waals surface area contributed by atoms with Crippen LogP contribution in [0.3, 0.4) is 0 Å². The zero-order chi connectivity index (χ0) is 34.7. The number of carboxylic acids is 1. The molecule has 0 spiro atoms. The third-order valence-electron chi connectivity index (χ3n) is 10.3. The lowest BCUT2D eigenvalue weighted by molar-refractivity contribution is -0.145. The highest BCUT2D eigenvalue weighted by atomic mass is 16.6. The molecule has 0 unspecified atom stereocenters. The van der Waals surface area contributed by atoms with E-state index in [2.05, 4.69) is 15.6 Å². The van der Waals surface area contributed by atoms with Gasteiger partial charge in [0.15, 0.2) is 0 Å². The number of benzene rings is 1. The van der Waals surface area contributed by atoms with Gasteiger partial charge in [0.25, 0.3) is 0 Å². The zero-order valence-corrected chi connectivity index (χ0v) is 28.4. The van der Waals surface area contributed by atoms with Gasteiger partial charge in [0.2, 0.25) is 17.7 Å². The number of pyridine rings is 1. The van der Waals surface area contributed by atoms with Crippen molar-refractivity contribution in [1.82, 2.24) is 20.5 Å². The van der Waals surface area contributed by atoms with Crippen LogP contribution in [0.4, 0.5) is 4.79 Å². The molecule has 1 aromatic heterocycles. The van der Waals surface area contributed by atoms with Crippen LogP contribution in [-0.4, -0.2) is 89.5 Å². The normalized spacial score (nSPS) is 28.3. The number of aromatic nitrogens is 1.